The molecule has 122 valence electrons. The van der Waals surface area contributed by atoms with Crippen LogP contribution in [0.15, 0.2) is 30.6 Å². The van der Waals surface area contributed by atoms with Crippen LogP contribution in [0.1, 0.15) is 37.4 Å². The minimum absolute atomic E-state index is 0.306. The van der Waals surface area contributed by atoms with Crippen molar-refractivity contribution >= 4 is 11.8 Å². The average Bonchev–Trinajstić information content (AvgIpc) is 2.56. The van der Waals surface area contributed by atoms with Gasteiger partial charge in [0.05, 0.1) is 0 Å². The zero-order valence-corrected chi connectivity index (χ0v) is 14.0. The van der Waals surface area contributed by atoms with Crippen molar-refractivity contribution in [2.24, 2.45) is 0 Å². The van der Waals surface area contributed by atoms with E-state index in [-0.39, 0.29) is 0 Å². The van der Waals surface area contributed by atoms with E-state index in [4.69, 9.17) is 4.98 Å². The highest BCUT2D eigenvalue weighted by molar-refractivity contribution is 5.44. The molecule has 0 amide bonds. The number of aryl methyl sites for hydroxylation is 1. The number of nitrogens with one attached hydrogen (secondary N) is 1. The summed E-state index contributed by atoms with van der Waals surface area (Å²) < 4.78 is 0. The van der Waals surface area contributed by atoms with E-state index in [0.29, 0.717) is 6.04 Å². The first-order valence-electron chi connectivity index (χ1n) is 8.47. The van der Waals surface area contributed by atoms with Gasteiger partial charge < -0.3 is 10.2 Å². The van der Waals surface area contributed by atoms with Crippen LogP contribution in [0.25, 0.3) is 0 Å². The van der Waals surface area contributed by atoms with Gasteiger partial charge in [-0.15, -0.1) is 0 Å². The number of hydrogen-bond acceptors (Lipinski definition) is 5. The Balaban J connectivity index is 1.68. The molecule has 23 heavy (non-hydrogen) atoms. The molecule has 5 nitrogen and oxygen atoms in total. The normalized spacial score (nSPS) is 16.2. The number of nitrogens with zero attached hydrogens (tertiary/aromatic N) is 4. The van der Waals surface area contributed by atoms with Gasteiger partial charge >= 0.3 is 0 Å². The van der Waals surface area contributed by atoms with Crippen LogP contribution in [0.5, 0.6) is 0 Å². The summed E-state index contributed by atoms with van der Waals surface area (Å²) >= 11 is 0. The van der Waals surface area contributed by atoms with E-state index in [1.807, 2.05) is 25.4 Å². The molecule has 3 rings (SSSR count). The molecule has 2 aromatic rings. The minimum atomic E-state index is 0.306. The van der Waals surface area contributed by atoms with E-state index >= 15 is 0 Å². The monoisotopic (exact) mass is 311 g/mol. The maximum atomic E-state index is 4.73. The maximum absolute atomic E-state index is 4.73. The van der Waals surface area contributed by atoms with E-state index in [1.54, 1.807) is 0 Å². The van der Waals surface area contributed by atoms with Gasteiger partial charge in [-0.3, -0.25) is 4.98 Å². The molecule has 1 N–H and O–H groups in total. The molecular formula is C18H25N5. The van der Waals surface area contributed by atoms with Crippen molar-refractivity contribution in [3.63, 3.8) is 0 Å². The maximum Gasteiger partial charge on any atom is 0.227 e. The molecule has 3 heterocycles. The van der Waals surface area contributed by atoms with Gasteiger partial charge in [-0.05, 0) is 57.2 Å². The number of anilines is 2. The van der Waals surface area contributed by atoms with Crippen molar-refractivity contribution in [1.82, 2.24) is 15.0 Å². The third-order valence-corrected chi connectivity index (χ3v) is 4.17. The van der Waals surface area contributed by atoms with Crippen molar-refractivity contribution in [2.75, 3.05) is 23.3 Å². The Morgan fingerprint density at radius 1 is 1.13 bits per heavy atom. The van der Waals surface area contributed by atoms with Crippen LogP contribution in [-0.4, -0.2) is 34.1 Å². The van der Waals surface area contributed by atoms with E-state index in [0.717, 1.165) is 37.0 Å². The number of pyridine rings is 1. The lowest BCUT2D eigenvalue weighted by Crippen LogP contribution is -2.31. The lowest BCUT2D eigenvalue weighted by atomic mass is 10.1. The summed E-state index contributed by atoms with van der Waals surface area (Å²) in [6.45, 7) is 6.34. The Morgan fingerprint density at radius 2 is 1.87 bits per heavy atom. The van der Waals surface area contributed by atoms with E-state index < -0.39 is 0 Å². The summed E-state index contributed by atoms with van der Waals surface area (Å²) in [4.78, 5) is 15.7. The van der Waals surface area contributed by atoms with Gasteiger partial charge in [0.1, 0.15) is 5.82 Å². The second-order valence-corrected chi connectivity index (χ2v) is 6.35. The second-order valence-electron chi connectivity index (χ2n) is 6.35. The zero-order valence-electron chi connectivity index (χ0n) is 14.0. The largest absolute Gasteiger partial charge is 0.367 e. The Kier molecular flexibility index (Phi) is 5.05. The Morgan fingerprint density at radius 3 is 2.61 bits per heavy atom. The molecule has 0 aromatic carbocycles. The quantitative estimate of drug-likeness (QED) is 0.919. The van der Waals surface area contributed by atoms with Crippen LogP contribution in [-0.2, 0) is 6.42 Å². The number of rotatable bonds is 5. The zero-order chi connectivity index (χ0) is 16.1. The van der Waals surface area contributed by atoms with Gasteiger partial charge in [-0.1, -0.05) is 0 Å². The predicted octanol–water partition coefficient (Wildman–Crippen LogP) is 3.21. The molecule has 2 aromatic heterocycles. The number of aromatic nitrogens is 3. The lowest BCUT2D eigenvalue weighted by molar-refractivity contribution is 0.567. The first kappa shape index (κ1) is 15.7. The van der Waals surface area contributed by atoms with Gasteiger partial charge in [0.15, 0.2) is 0 Å². The number of piperidine rings is 1. The molecule has 0 saturated carbocycles. The van der Waals surface area contributed by atoms with Gasteiger partial charge in [0.2, 0.25) is 5.95 Å². The van der Waals surface area contributed by atoms with Crippen LogP contribution >= 0.6 is 0 Å². The SMILES string of the molecule is Cc1cc(N[C@@H](C)Cc2ccncc2)nc(N2CCCCC2)n1. The van der Waals surface area contributed by atoms with Gasteiger partial charge in [0.25, 0.3) is 0 Å². The third kappa shape index (κ3) is 4.41. The molecule has 1 atom stereocenters. The fourth-order valence-corrected chi connectivity index (χ4v) is 3.04. The highest BCUT2D eigenvalue weighted by atomic mass is 15.3. The molecular weight excluding hydrogens is 286 g/mol. The summed E-state index contributed by atoms with van der Waals surface area (Å²) in [7, 11) is 0. The molecule has 0 aliphatic carbocycles. The molecule has 0 bridgehead atoms. The predicted molar refractivity (Wildman–Crippen MR) is 93.9 cm³/mol. The molecule has 0 radical (unpaired) electrons. The summed E-state index contributed by atoms with van der Waals surface area (Å²) in [5.41, 5.74) is 2.29. The fraction of sp³-hybridized carbons (Fsp3) is 0.500. The standard InChI is InChI=1S/C18H25N5/c1-14(12-16-6-8-19-9-7-16)20-17-13-15(2)21-18(22-17)23-10-4-3-5-11-23/h6-9,13-14H,3-5,10-12H2,1-2H3,(H,20,21,22)/t14-/m0/s1. The summed E-state index contributed by atoms with van der Waals surface area (Å²) in [6, 6.07) is 6.45. The van der Waals surface area contributed by atoms with Gasteiger partial charge in [-0.25, -0.2) is 4.98 Å². The van der Waals surface area contributed by atoms with Crippen molar-refractivity contribution < 1.29 is 0 Å². The first-order valence-corrected chi connectivity index (χ1v) is 8.47. The van der Waals surface area contributed by atoms with E-state index in [9.17, 15) is 0 Å². The van der Waals surface area contributed by atoms with Crippen molar-refractivity contribution in [2.45, 2.75) is 45.6 Å². The molecule has 1 aliphatic heterocycles. The molecule has 1 aliphatic rings. The van der Waals surface area contributed by atoms with E-state index in [1.165, 1.54) is 24.8 Å². The first-order chi connectivity index (χ1) is 11.2. The third-order valence-electron chi connectivity index (χ3n) is 4.17. The van der Waals surface area contributed by atoms with Gasteiger partial charge in [-0.2, -0.15) is 4.98 Å². The van der Waals surface area contributed by atoms with E-state index in [2.05, 4.69) is 39.2 Å². The van der Waals surface area contributed by atoms with Crippen molar-refractivity contribution in [1.29, 1.82) is 0 Å². The fourth-order valence-electron chi connectivity index (χ4n) is 3.04. The molecule has 5 heteroatoms. The average molecular weight is 311 g/mol. The molecule has 1 fully saturated rings. The van der Waals surface area contributed by atoms with Gasteiger partial charge in [0, 0.05) is 43.3 Å². The minimum Gasteiger partial charge on any atom is -0.367 e. The van der Waals surface area contributed by atoms with Crippen LogP contribution in [0.3, 0.4) is 0 Å². The Labute approximate surface area is 138 Å². The number of hydrogen-bond donors (Lipinski definition) is 1. The van der Waals surface area contributed by atoms with Crippen molar-refractivity contribution in [3.05, 3.63) is 41.9 Å². The van der Waals surface area contributed by atoms with Crippen LogP contribution < -0.4 is 10.2 Å². The van der Waals surface area contributed by atoms with Crippen molar-refractivity contribution in [3.8, 4) is 0 Å². The van der Waals surface area contributed by atoms with Crippen LogP contribution in [0, 0.1) is 6.92 Å². The summed E-state index contributed by atoms with van der Waals surface area (Å²) in [6.07, 6.45) is 8.41. The highest BCUT2D eigenvalue weighted by Crippen LogP contribution is 2.19. The molecule has 1 saturated heterocycles. The summed E-state index contributed by atoms with van der Waals surface area (Å²) in [5, 5.41) is 3.51. The smallest absolute Gasteiger partial charge is 0.227 e. The van der Waals surface area contributed by atoms with Crippen LogP contribution in [0.2, 0.25) is 0 Å². The molecule has 0 unspecified atom stereocenters. The topological polar surface area (TPSA) is 53.9 Å². The Bertz CT molecular complexity index is 623. The summed E-state index contributed by atoms with van der Waals surface area (Å²) in [5.74, 6) is 1.78. The second kappa shape index (κ2) is 7.40. The highest BCUT2D eigenvalue weighted by Gasteiger charge is 2.15. The van der Waals surface area contributed by atoms with Crippen LogP contribution in [0.4, 0.5) is 11.8 Å². The lowest BCUT2D eigenvalue weighted by Gasteiger charge is -2.27. The molecule has 0 spiro atoms. The Hall–Kier alpha value is -2.17.